The number of fused-ring (bicyclic) bond motifs is 3. The lowest BCUT2D eigenvalue weighted by Crippen LogP contribution is -2.59. The molecule has 6 nitrogen and oxygen atoms in total. The van der Waals surface area contributed by atoms with Gasteiger partial charge in [0.05, 0.1) is 17.2 Å². The first kappa shape index (κ1) is 21.8. The summed E-state index contributed by atoms with van der Waals surface area (Å²) in [4.78, 5) is 28.2. The van der Waals surface area contributed by atoms with Crippen LogP contribution in [0.25, 0.3) is 10.7 Å². The summed E-state index contributed by atoms with van der Waals surface area (Å²) in [5.41, 5.74) is 1.12. The van der Waals surface area contributed by atoms with E-state index < -0.39 is 11.7 Å². The SMILES string of the molecule is Cc1cnc(-c2nccs2)c(C(=O)N2C[C@H]3CC[C@H]2[C@H](Oc2ccc(C(F)(F)F)cn2)C3)c1. The van der Waals surface area contributed by atoms with Crippen molar-refractivity contribution in [3.63, 3.8) is 0 Å². The van der Waals surface area contributed by atoms with Gasteiger partial charge in [0.2, 0.25) is 5.88 Å². The van der Waals surface area contributed by atoms with E-state index in [1.807, 2.05) is 23.3 Å². The first-order valence-corrected chi connectivity index (χ1v) is 11.5. The molecule has 0 aromatic carbocycles. The van der Waals surface area contributed by atoms with E-state index in [2.05, 4.69) is 15.0 Å². The summed E-state index contributed by atoms with van der Waals surface area (Å²) in [6.45, 7) is 2.51. The Morgan fingerprint density at radius 2 is 2.03 bits per heavy atom. The van der Waals surface area contributed by atoms with Crippen LogP contribution in [0.2, 0.25) is 0 Å². The van der Waals surface area contributed by atoms with E-state index in [0.29, 0.717) is 22.8 Å². The molecule has 2 bridgehead atoms. The number of piperidine rings is 2. The average Bonchev–Trinajstić information content (AvgIpc) is 3.33. The van der Waals surface area contributed by atoms with Crippen molar-refractivity contribution >= 4 is 17.2 Å². The van der Waals surface area contributed by atoms with Gasteiger partial charge in [-0.25, -0.2) is 9.97 Å². The van der Waals surface area contributed by atoms with Gasteiger partial charge in [-0.05, 0) is 49.8 Å². The molecule has 0 N–H and O–H groups in total. The number of rotatable bonds is 4. The number of alkyl halides is 3. The molecule has 33 heavy (non-hydrogen) atoms. The fourth-order valence-corrected chi connectivity index (χ4v) is 5.31. The maximum Gasteiger partial charge on any atom is 0.417 e. The number of carbonyl (C=O) groups excluding carboxylic acids is 1. The second kappa shape index (κ2) is 8.40. The Labute approximate surface area is 192 Å². The monoisotopic (exact) mass is 474 g/mol. The van der Waals surface area contributed by atoms with Crippen LogP contribution in [0.3, 0.4) is 0 Å². The lowest BCUT2D eigenvalue weighted by Gasteiger charge is -2.49. The summed E-state index contributed by atoms with van der Waals surface area (Å²) >= 11 is 1.42. The average molecular weight is 475 g/mol. The van der Waals surface area contributed by atoms with E-state index in [1.54, 1.807) is 12.4 Å². The molecule has 0 radical (unpaired) electrons. The van der Waals surface area contributed by atoms with Crippen molar-refractivity contribution in [3.8, 4) is 16.6 Å². The van der Waals surface area contributed by atoms with Crippen LogP contribution in [0.4, 0.5) is 13.2 Å². The number of hydrogen-bond acceptors (Lipinski definition) is 6. The Kier molecular flexibility index (Phi) is 5.55. The van der Waals surface area contributed by atoms with Gasteiger partial charge in [0.25, 0.3) is 5.91 Å². The van der Waals surface area contributed by atoms with Crippen LogP contribution >= 0.6 is 11.3 Å². The third-order valence-electron chi connectivity index (χ3n) is 6.21. The zero-order chi connectivity index (χ0) is 23.2. The number of aryl methyl sites for hydroxylation is 1. The summed E-state index contributed by atoms with van der Waals surface area (Å²) in [5.74, 6) is 0.271. The molecule has 1 amide bonds. The molecule has 0 unspecified atom stereocenters. The van der Waals surface area contributed by atoms with Gasteiger partial charge in [0, 0.05) is 36.6 Å². The van der Waals surface area contributed by atoms with Crippen molar-refractivity contribution < 1.29 is 22.7 Å². The van der Waals surface area contributed by atoms with Gasteiger partial charge in [-0.15, -0.1) is 11.3 Å². The highest BCUT2D eigenvalue weighted by Gasteiger charge is 2.45. The van der Waals surface area contributed by atoms with Gasteiger partial charge in [0.1, 0.15) is 16.8 Å². The molecule has 3 atom stereocenters. The molecule has 6 rings (SSSR count). The molecule has 10 heteroatoms. The molecule has 3 aliphatic rings. The number of amides is 1. The van der Waals surface area contributed by atoms with Crippen LogP contribution in [0, 0.1) is 12.8 Å². The van der Waals surface area contributed by atoms with Crippen LogP contribution in [-0.4, -0.2) is 44.4 Å². The van der Waals surface area contributed by atoms with E-state index in [-0.39, 0.29) is 29.9 Å². The van der Waals surface area contributed by atoms with E-state index in [9.17, 15) is 18.0 Å². The summed E-state index contributed by atoms with van der Waals surface area (Å²) in [6, 6.07) is 3.85. The molecule has 1 saturated carbocycles. The predicted octanol–water partition coefficient (Wildman–Crippen LogP) is 5.00. The quantitative estimate of drug-likeness (QED) is 0.532. The summed E-state index contributed by atoms with van der Waals surface area (Å²) in [7, 11) is 0. The number of thiazole rings is 1. The second-order valence-electron chi connectivity index (χ2n) is 8.49. The maximum atomic E-state index is 13.7. The Balaban J connectivity index is 1.39. The van der Waals surface area contributed by atoms with Crippen LogP contribution in [0.1, 0.15) is 40.7 Å². The first-order chi connectivity index (χ1) is 15.8. The van der Waals surface area contributed by atoms with Crippen molar-refractivity contribution in [2.75, 3.05) is 6.54 Å². The summed E-state index contributed by atoms with van der Waals surface area (Å²) in [6.07, 6.45) is 1.90. The molecule has 1 aliphatic carbocycles. The van der Waals surface area contributed by atoms with Crippen molar-refractivity contribution in [2.24, 2.45) is 5.92 Å². The molecule has 3 fully saturated rings. The number of halogens is 3. The number of hydrogen-bond donors (Lipinski definition) is 0. The van der Waals surface area contributed by atoms with Crippen LogP contribution < -0.4 is 4.74 Å². The predicted molar refractivity (Wildman–Crippen MR) is 116 cm³/mol. The minimum Gasteiger partial charge on any atom is -0.472 e. The summed E-state index contributed by atoms with van der Waals surface area (Å²) < 4.78 is 44.5. The van der Waals surface area contributed by atoms with Crippen molar-refractivity contribution in [1.29, 1.82) is 0 Å². The maximum absolute atomic E-state index is 13.7. The van der Waals surface area contributed by atoms with Crippen LogP contribution in [0.5, 0.6) is 5.88 Å². The van der Waals surface area contributed by atoms with E-state index in [4.69, 9.17) is 4.74 Å². The van der Waals surface area contributed by atoms with E-state index in [0.717, 1.165) is 37.1 Å². The third-order valence-corrected chi connectivity index (χ3v) is 6.99. The van der Waals surface area contributed by atoms with Crippen LogP contribution in [0.15, 0.2) is 42.2 Å². The van der Waals surface area contributed by atoms with E-state index >= 15 is 0 Å². The second-order valence-corrected chi connectivity index (χ2v) is 9.38. The van der Waals surface area contributed by atoms with Crippen molar-refractivity contribution in [1.82, 2.24) is 19.9 Å². The summed E-state index contributed by atoms with van der Waals surface area (Å²) in [5, 5.41) is 2.52. The van der Waals surface area contributed by atoms with Crippen molar-refractivity contribution in [3.05, 3.63) is 58.9 Å². The minimum atomic E-state index is -4.45. The Hall–Kier alpha value is -3.01. The van der Waals surface area contributed by atoms with Crippen molar-refractivity contribution in [2.45, 2.75) is 44.5 Å². The highest BCUT2D eigenvalue weighted by atomic mass is 32.1. The standard InChI is InChI=1S/C23H21F3N4O2S/c1-13-8-16(20(29-10-13)21-27-6-7-33-21)22(31)30-12-14-2-4-17(30)18(9-14)32-19-5-3-15(11-28-19)23(24,25)26/h3,5-8,10-11,14,17-18H,2,4,9,12H2,1H3/t14-,17-,18+/m0/s1. The smallest absolute Gasteiger partial charge is 0.417 e. The molecule has 3 aromatic rings. The number of nitrogens with zero attached hydrogens (tertiary/aromatic N) is 4. The van der Waals surface area contributed by atoms with Crippen LogP contribution in [-0.2, 0) is 6.18 Å². The highest BCUT2D eigenvalue weighted by Crippen LogP contribution is 2.39. The minimum absolute atomic E-state index is 0.125. The Morgan fingerprint density at radius 3 is 2.70 bits per heavy atom. The molecular weight excluding hydrogens is 453 g/mol. The lowest BCUT2D eigenvalue weighted by molar-refractivity contribution is -0.137. The van der Waals surface area contributed by atoms with Gasteiger partial charge >= 0.3 is 6.18 Å². The largest absolute Gasteiger partial charge is 0.472 e. The van der Waals surface area contributed by atoms with Gasteiger partial charge in [-0.1, -0.05) is 0 Å². The van der Waals surface area contributed by atoms with Gasteiger partial charge in [-0.2, -0.15) is 13.2 Å². The van der Waals surface area contributed by atoms with Gasteiger partial charge < -0.3 is 9.64 Å². The Bertz CT molecular complexity index is 1150. The fraction of sp³-hybridized carbons (Fsp3) is 0.391. The Morgan fingerprint density at radius 1 is 1.18 bits per heavy atom. The normalized spacial score (nSPS) is 22.4. The zero-order valence-electron chi connectivity index (χ0n) is 17.7. The number of carbonyl (C=O) groups is 1. The van der Waals surface area contributed by atoms with E-state index in [1.165, 1.54) is 17.4 Å². The fourth-order valence-electron chi connectivity index (χ4n) is 4.66. The number of ether oxygens (including phenoxy) is 1. The highest BCUT2D eigenvalue weighted by molar-refractivity contribution is 7.13. The van der Waals surface area contributed by atoms with Gasteiger partial charge in [-0.3, -0.25) is 9.78 Å². The molecule has 5 heterocycles. The van der Waals surface area contributed by atoms with Gasteiger partial charge in [0.15, 0.2) is 0 Å². The molecule has 172 valence electrons. The number of pyridine rings is 2. The number of aromatic nitrogens is 3. The lowest BCUT2D eigenvalue weighted by atomic mass is 9.77. The molecule has 2 aliphatic heterocycles. The topological polar surface area (TPSA) is 68.2 Å². The molecule has 2 saturated heterocycles. The third kappa shape index (κ3) is 4.31. The zero-order valence-corrected chi connectivity index (χ0v) is 18.6. The molecule has 3 aromatic heterocycles. The first-order valence-electron chi connectivity index (χ1n) is 10.7. The molecule has 0 spiro atoms. The molecular formula is C23H21F3N4O2S.